The number of likely N-dealkylation sites (N-methyl/N-ethyl adjacent to an activating group) is 1. The summed E-state index contributed by atoms with van der Waals surface area (Å²) >= 11 is 0. The maximum absolute atomic E-state index is 12.1. The van der Waals surface area contributed by atoms with Crippen LogP contribution in [0.3, 0.4) is 0 Å². The first-order chi connectivity index (χ1) is 23.6. The van der Waals surface area contributed by atoms with Gasteiger partial charge in [0, 0.05) is 26.3 Å². The summed E-state index contributed by atoms with van der Waals surface area (Å²) in [7, 11) is 3.98. The van der Waals surface area contributed by atoms with Crippen molar-refractivity contribution >= 4 is 6.09 Å². The lowest BCUT2D eigenvalue weighted by Gasteiger charge is -2.19. The number of carbonyl (C=O) groups is 1. The smallest absolute Gasteiger partial charge is 0.407 e. The van der Waals surface area contributed by atoms with E-state index in [0.29, 0.717) is 19.8 Å². The van der Waals surface area contributed by atoms with E-state index >= 15 is 0 Å². The lowest BCUT2D eigenvalue weighted by molar-refractivity contribution is -0.0468. The van der Waals surface area contributed by atoms with Gasteiger partial charge in [-0.1, -0.05) is 167 Å². The maximum atomic E-state index is 12.1. The van der Waals surface area contributed by atoms with Crippen LogP contribution in [0.4, 0.5) is 4.79 Å². The quantitative estimate of drug-likeness (QED) is 0.0517. The number of alkyl carbamates (subject to hydrolysis) is 1. The molecule has 0 aliphatic carbocycles. The highest BCUT2D eigenvalue weighted by Crippen LogP contribution is 2.14. The molecule has 0 aliphatic rings. The molecule has 0 rings (SSSR count). The third kappa shape index (κ3) is 39.3. The van der Waals surface area contributed by atoms with Crippen molar-refractivity contribution < 1.29 is 19.0 Å². The first-order valence-corrected chi connectivity index (χ1v) is 21.0. The molecule has 0 bridgehead atoms. The molecule has 0 fully saturated rings. The van der Waals surface area contributed by atoms with E-state index in [-0.39, 0.29) is 18.8 Å². The van der Waals surface area contributed by atoms with Crippen LogP contribution in [0.15, 0.2) is 12.2 Å². The molecule has 0 aliphatic heterocycles. The van der Waals surface area contributed by atoms with E-state index in [4.69, 9.17) is 14.2 Å². The highest BCUT2D eigenvalue weighted by atomic mass is 16.6. The number of nitrogens with zero attached hydrogens (tertiary/aromatic N) is 1. The maximum Gasteiger partial charge on any atom is 0.407 e. The Morgan fingerprint density at radius 1 is 0.562 bits per heavy atom. The molecule has 1 atom stereocenters. The Bertz CT molecular complexity index is 658. The summed E-state index contributed by atoms with van der Waals surface area (Å²) in [5.41, 5.74) is 0. The van der Waals surface area contributed by atoms with Crippen molar-refractivity contribution in [1.82, 2.24) is 10.2 Å². The SMILES string of the molecule is CCCCCCCC/C=C\CCCCCCCCOCC(COC(=O)NCCN(C)C)OCCCCCCCCCCCCCCCC. The van der Waals surface area contributed by atoms with Crippen LogP contribution in [0, 0.1) is 0 Å². The molecule has 0 aromatic heterocycles. The molecule has 0 radical (unpaired) electrons. The first kappa shape index (κ1) is 46.9. The Hall–Kier alpha value is -1.11. The van der Waals surface area contributed by atoms with Gasteiger partial charge in [-0.25, -0.2) is 4.79 Å². The monoisotopic (exact) mass is 681 g/mol. The van der Waals surface area contributed by atoms with Gasteiger partial charge in [-0.3, -0.25) is 0 Å². The molecule has 6 nitrogen and oxygen atoms in total. The normalized spacial score (nSPS) is 12.4. The minimum absolute atomic E-state index is 0.208. The fourth-order valence-electron chi connectivity index (χ4n) is 5.96. The molecule has 286 valence electrons. The van der Waals surface area contributed by atoms with Gasteiger partial charge >= 0.3 is 6.09 Å². The summed E-state index contributed by atoms with van der Waals surface area (Å²) in [6.45, 7) is 8.09. The van der Waals surface area contributed by atoms with E-state index in [1.54, 1.807) is 0 Å². The fraction of sp³-hybridized carbons (Fsp3) is 0.929. The summed E-state index contributed by atoms with van der Waals surface area (Å²) < 4.78 is 17.6. The summed E-state index contributed by atoms with van der Waals surface area (Å²) in [5.74, 6) is 0. The van der Waals surface area contributed by atoms with Gasteiger partial charge in [0.15, 0.2) is 0 Å². The van der Waals surface area contributed by atoms with Crippen molar-refractivity contribution in [2.24, 2.45) is 0 Å². The van der Waals surface area contributed by atoms with Gasteiger partial charge in [0.05, 0.1) is 6.61 Å². The molecule has 0 spiro atoms. The van der Waals surface area contributed by atoms with Crippen LogP contribution >= 0.6 is 0 Å². The lowest BCUT2D eigenvalue weighted by Crippen LogP contribution is -2.35. The van der Waals surface area contributed by atoms with Gasteiger partial charge < -0.3 is 24.4 Å². The average Bonchev–Trinajstić information content (AvgIpc) is 3.07. The number of nitrogens with one attached hydrogen (secondary N) is 1. The molecule has 1 unspecified atom stereocenters. The number of hydrogen-bond donors (Lipinski definition) is 1. The number of hydrogen-bond acceptors (Lipinski definition) is 5. The molecule has 1 N–H and O–H groups in total. The Morgan fingerprint density at radius 3 is 1.44 bits per heavy atom. The van der Waals surface area contributed by atoms with E-state index < -0.39 is 0 Å². The lowest BCUT2D eigenvalue weighted by atomic mass is 10.0. The molecule has 0 aromatic rings. The predicted molar refractivity (Wildman–Crippen MR) is 208 cm³/mol. The van der Waals surface area contributed by atoms with Crippen LogP contribution in [0.1, 0.15) is 194 Å². The number of ether oxygens (including phenoxy) is 3. The number of rotatable bonds is 39. The third-order valence-electron chi connectivity index (χ3n) is 9.18. The summed E-state index contributed by atoms with van der Waals surface area (Å²) in [4.78, 5) is 14.2. The highest BCUT2D eigenvalue weighted by Gasteiger charge is 2.13. The van der Waals surface area contributed by atoms with Crippen LogP contribution < -0.4 is 5.32 Å². The standard InChI is InChI=1S/C42H84N2O4/c1-5-7-9-11-13-15-17-19-21-22-23-25-27-29-31-33-37-46-39-41(40-48-42(45)43-35-36-44(3)4)47-38-34-32-30-28-26-24-20-18-16-14-12-10-8-6-2/h19,21,41H,5-18,20,22-40H2,1-4H3,(H,43,45)/b21-19-. The topological polar surface area (TPSA) is 60.0 Å². The number of allylic oxidation sites excluding steroid dienone is 2. The minimum atomic E-state index is -0.379. The molecule has 48 heavy (non-hydrogen) atoms. The first-order valence-electron chi connectivity index (χ1n) is 21.0. The van der Waals surface area contributed by atoms with Crippen molar-refractivity contribution in [3.63, 3.8) is 0 Å². The Labute approximate surface area is 300 Å². The molecule has 0 heterocycles. The number of unbranched alkanes of at least 4 members (excludes halogenated alkanes) is 25. The van der Waals surface area contributed by atoms with Gasteiger partial charge in [0.1, 0.15) is 12.7 Å². The van der Waals surface area contributed by atoms with E-state index in [9.17, 15) is 4.79 Å². The van der Waals surface area contributed by atoms with Crippen molar-refractivity contribution in [3.05, 3.63) is 12.2 Å². The number of amides is 1. The summed E-state index contributed by atoms with van der Waals surface area (Å²) in [5, 5.41) is 2.82. The van der Waals surface area contributed by atoms with Gasteiger partial charge in [-0.2, -0.15) is 0 Å². The van der Waals surface area contributed by atoms with E-state index in [2.05, 4.69) is 31.3 Å². The van der Waals surface area contributed by atoms with Crippen molar-refractivity contribution in [2.45, 2.75) is 200 Å². The second-order valence-electron chi connectivity index (χ2n) is 14.4. The largest absolute Gasteiger partial charge is 0.447 e. The molecule has 6 heteroatoms. The van der Waals surface area contributed by atoms with Crippen molar-refractivity contribution in [2.75, 3.05) is 53.6 Å². The molecule has 0 aromatic carbocycles. The zero-order valence-corrected chi connectivity index (χ0v) is 32.9. The second-order valence-corrected chi connectivity index (χ2v) is 14.4. The van der Waals surface area contributed by atoms with Crippen molar-refractivity contribution in [1.29, 1.82) is 0 Å². The molecular weight excluding hydrogens is 596 g/mol. The average molecular weight is 681 g/mol. The predicted octanol–water partition coefficient (Wildman–Crippen LogP) is 12.2. The highest BCUT2D eigenvalue weighted by molar-refractivity contribution is 5.67. The molecule has 0 saturated heterocycles. The van der Waals surface area contributed by atoms with Gasteiger partial charge in [-0.05, 0) is 52.6 Å². The number of carbonyl (C=O) groups excluding carboxylic acids is 1. The summed E-state index contributed by atoms with van der Waals surface area (Å²) in [6.07, 6.45) is 41.4. The molecule has 0 saturated carbocycles. The van der Waals surface area contributed by atoms with Gasteiger partial charge in [-0.15, -0.1) is 0 Å². The van der Waals surface area contributed by atoms with Crippen LogP contribution in [0.2, 0.25) is 0 Å². The van der Waals surface area contributed by atoms with Crippen LogP contribution in [-0.2, 0) is 14.2 Å². The van der Waals surface area contributed by atoms with E-state index in [1.165, 1.54) is 167 Å². The van der Waals surface area contributed by atoms with Crippen LogP contribution in [0.5, 0.6) is 0 Å². The summed E-state index contributed by atoms with van der Waals surface area (Å²) in [6, 6.07) is 0. The van der Waals surface area contributed by atoms with Crippen molar-refractivity contribution in [3.8, 4) is 0 Å². The second kappa shape index (κ2) is 40.3. The third-order valence-corrected chi connectivity index (χ3v) is 9.18. The molecule has 1 amide bonds. The minimum Gasteiger partial charge on any atom is -0.447 e. The Balaban J connectivity index is 3.92. The Morgan fingerprint density at radius 2 is 0.979 bits per heavy atom. The van der Waals surface area contributed by atoms with Gasteiger partial charge in [0.25, 0.3) is 0 Å². The van der Waals surface area contributed by atoms with E-state index in [1.807, 2.05) is 19.0 Å². The zero-order chi connectivity index (χ0) is 35.0. The van der Waals surface area contributed by atoms with Crippen LogP contribution in [-0.4, -0.2) is 70.7 Å². The Kier molecular flexibility index (Phi) is 39.4. The fourth-order valence-corrected chi connectivity index (χ4v) is 5.96. The zero-order valence-electron chi connectivity index (χ0n) is 32.9. The molecular formula is C42H84N2O4. The van der Waals surface area contributed by atoms with E-state index in [0.717, 1.165) is 26.0 Å². The van der Waals surface area contributed by atoms with Gasteiger partial charge in [0.2, 0.25) is 0 Å². The van der Waals surface area contributed by atoms with Crippen LogP contribution in [0.25, 0.3) is 0 Å².